The number of anilines is 1. The van der Waals surface area contributed by atoms with E-state index < -0.39 is 11.8 Å². The number of hydrogen-bond donors (Lipinski definition) is 2. The lowest BCUT2D eigenvalue weighted by atomic mass is 10.0. The lowest BCUT2D eigenvalue weighted by molar-refractivity contribution is -0.136. The molecule has 3 rings (SSSR count). The van der Waals surface area contributed by atoms with Gasteiger partial charge in [0, 0.05) is 30.3 Å². The molecule has 0 spiro atoms. The lowest BCUT2D eigenvalue weighted by Crippen LogP contribution is -2.45. The van der Waals surface area contributed by atoms with Crippen molar-refractivity contribution < 1.29 is 19.1 Å². The fourth-order valence-electron chi connectivity index (χ4n) is 3.36. The SMILES string of the molecule is COc1ccc([C@@H](CNC(=O)C(=O)Nc2cccc(Cl)c2C)N2CCOCC2)cc1. The number of halogens is 1. The van der Waals surface area contributed by atoms with Crippen LogP contribution in [0.2, 0.25) is 5.02 Å². The van der Waals surface area contributed by atoms with Gasteiger partial charge in [0.25, 0.3) is 0 Å². The highest BCUT2D eigenvalue weighted by molar-refractivity contribution is 6.40. The predicted molar refractivity (Wildman–Crippen MR) is 116 cm³/mol. The van der Waals surface area contributed by atoms with E-state index in [1.54, 1.807) is 32.2 Å². The first kappa shape index (κ1) is 22.1. The Balaban J connectivity index is 1.67. The molecule has 2 N–H and O–H groups in total. The van der Waals surface area contributed by atoms with Crippen LogP contribution in [0.25, 0.3) is 0 Å². The van der Waals surface area contributed by atoms with Gasteiger partial charge < -0.3 is 20.1 Å². The Labute approximate surface area is 181 Å². The van der Waals surface area contributed by atoms with Gasteiger partial charge in [0.2, 0.25) is 0 Å². The largest absolute Gasteiger partial charge is 0.497 e. The first-order valence-corrected chi connectivity index (χ1v) is 10.2. The first-order valence-electron chi connectivity index (χ1n) is 9.79. The Kier molecular flexibility index (Phi) is 7.68. The molecule has 1 atom stereocenters. The summed E-state index contributed by atoms with van der Waals surface area (Å²) in [5.74, 6) is -0.656. The van der Waals surface area contributed by atoms with Crippen molar-refractivity contribution in [1.82, 2.24) is 10.2 Å². The monoisotopic (exact) mass is 431 g/mol. The third-order valence-corrected chi connectivity index (χ3v) is 5.57. The molecule has 2 aromatic rings. The van der Waals surface area contributed by atoms with Crippen LogP contribution in [0.5, 0.6) is 5.75 Å². The van der Waals surface area contributed by atoms with Crippen LogP contribution in [0, 0.1) is 6.92 Å². The van der Waals surface area contributed by atoms with E-state index in [4.69, 9.17) is 21.1 Å². The number of morpholine rings is 1. The normalized spacial score (nSPS) is 15.3. The van der Waals surface area contributed by atoms with Crippen molar-refractivity contribution in [3.63, 3.8) is 0 Å². The Morgan fingerprint density at radius 2 is 1.83 bits per heavy atom. The molecule has 0 bridgehead atoms. The minimum absolute atomic E-state index is 0.0792. The molecule has 1 fully saturated rings. The van der Waals surface area contributed by atoms with E-state index in [2.05, 4.69) is 15.5 Å². The average molecular weight is 432 g/mol. The van der Waals surface area contributed by atoms with Crippen LogP contribution >= 0.6 is 11.6 Å². The number of carbonyl (C=O) groups is 2. The molecule has 1 saturated heterocycles. The van der Waals surface area contributed by atoms with Crippen molar-refractivity contribution in [2.45, 2.75) is 13.0 Å². The molecule has 1 aliphatic heterocycles. The van der Waals surface area contributed by atoms with Crippen LogP contribution in [-0.4, -0.2) is 56.7 Å². The second-order valence-electron chi connectivity index (χ2n) is 7.01. The third kappa shape index (κ3) is 5.50. The molecule has 0 aromatic heterocycles. The Bertz CT molecular complexity index is 882. The van der Waals surface area contributed by atoms with Crippen LogP contribution in [0.15, 0.2) is 42.5 Å². The van der Waals surface area contributed by atoms with Crippen LogP contribution < -0.4 is 15.4 Å². The van der Waals surface area contributed by atoms with E-state index in [9.17, 15) is 9.59 Å². The van der Waals surface area contributed by atoms with Gasteiger partial charge in [-0.25, -0.2) is 0 Å². The van der Waals surface area contributed by atoms with Gasteiger partial charge in [-0.2, -0.15) is 0 Å². The van der Waals surface area contributed by atoms with E-state index in [0.29, 0.717) is 36.0 Å². The van der Waals surface area contributed by atoms with Gasteiger partial charge in [0.1, 0.15) is 5.75 Å². The molecule has 2 aromatic carbocycles. The molecule has 0 radical (unpaired) electrons. The molecule has 8 heteroatoms. The second kappa shape index (κ2) is 10.4. The molecule has 1 heterocycles. The molecule has 2 amide bonds. The molecular formula is C22H26ClN3O4. The molecule has 0 unspecified atom stereocenters. The van der Waals surface area contributed by atoms with E-state index in [1.165, 1.54) is 0 Å². The number of ether oxygens (including phenoxy) is 2. The maximum Gasteiger partial charge on any atom is 0.313 e. The molecular weight excluding hydrogens is 406 g/mol. The summed E-state index contributed by atoms with van der Waals surface area (Å²) in [5, 5.41) is 5.91. The number of methoxy groups -OCH3 is 1. The fraction of sp³-hybridized carbons (Fsp3) is 0.364. The zero-order valence-corrected chi connectivity index (χ0v) is 17.9. The zero-order valence-electron chi connectivity index (χ0n) is 17.1. The van der Waals surface area contributed by atoms with Crippen molar-refractivity contribution in [3.05, 3.63) is 58.6 Å². The first-order chi connectivity index (χ1) is 14.5. The van der Waals surface area contributed by atoms with Crippen LogP contribution in [0.3, 0.4) is 0 Å². The lowest BCUT2D eigenvalue weighted by Gasteiger charge is -2.35. The summed E-state index contributed by atoms with van der Waals surface area (Å²) in [7, 11) is 1.62. The number of benzene rings is 2. The molecule has 7 nitrogen and oxygen atoms in total. The summed E-state index contributed by atoms with van der Waals surface area (Å²) < 4.78 is 10.7. The summed E-state index contributed by atoms with van der Waals surface area (Å²) in [6.07, 6.45) is 0. The minimum Gasteiger partial charge on any atom is -0.497 e. The highest BCUT2D eigenvalue weighted by Crippen LogP contribution is 2.24. The van der Waals surface area contributed by atoms with Gasteiger partial charge in [-0.15, -0.1) is 0 Å². The van der Waals surface area contributed by atoms with E-state index in [1.807, 2.05) is 24.3 Å². The molecule has 30 heavy (non-hydrogen) atoms. The van der Waals surface area contributed by atoms with Gasteiger partial charge in [-0.3, -0.25) is 14.5 Å². The van der Waals surface area contributed by atoms with Crippen molar-refractivity contribution in [2.24, 2.45) is 0 Å². The number of nitrogens with one attached hydrogen (secondary N) is 2. The van der Waals surface area contributed by atoms with Crippen LogP contribution in [0.4, 0.5) is 5.69 Å². The highest BCUT2D eigenvalue weighted by atomic mass is 35.5. The molecule has 0 saturated carbocycles. The number of hydrogen-bond acceptors (Lipinski definition) is 5. The number of amides is 2. The van der Waals surface area contributed by atoms with Crippen molar-refractivity contribution in [2.75, 3.05) is 45.3 Å². The number of carbonyl (C=O) groups excluding carboxylic acids is 2. The van der Waals surface area contributed by atoms with Crippen molar-refractivity contribution in [1.29, 1.82) is 0 Å². The van der Waals surface area contributed by atoms with E-state index in [0.717, 1.165) is 24.4 Å². The predicted octanol–water partition coefficient (Wildman–Crippen LogP) is 2.79. The van der Waals surface area contributed by atoms with Gasteiger partial charge in [0.05, 0.1) is 26.4 Å². The smallest absolute Gasteiger partial charge is 0.313 e. The summed E-state index contributed by atoms with van der Waals surface area (Å²) >= 11 is 6.08. The fourth-order valence-corrected chi connectivity index (χ4v) is 3.54. The Morgan fingerprint density at radius 3 is 2.50 bits per heavy atom. The topological polar surface area (TPSA) is 79.9 Å². The van der Waals surface area contributed by atoms with Crippen LogP contribution in [0.1, 0.15) is 17.2 Å². The molecule has 0 aliphatic carbocycles. The standard InChI is InChI=1S/C22H26ClN3O4/c1-15-18(23)4-3-5-19(15)25-22(28)21(27)24-14-20(26-10-12-30-13-11-26)16-6-8-17(29-2)9-7-16/h3-9,20H,10-14H2,1-2H3,(H,24,27)(H,25,28)/t20-/m1/s1. The van der Waals surface area contributed by atoms with Crippen molar-refractivity contribution >= 4 is 29.1 Å². The molecule has 1 aliphatic rings. The summed E-state index contributed by atoms with van der Waals surface area (Å²) in [6.45, 7) is 4.85. The van der Waals surface area contributed by atoms with E-state index >= 15 is 0 Å². The zero-order chi connectivity index (χ0) is 21.5. The summed E-state index contributed by atoms with van der Waals surface area (Å²) in [5.41, 5.74) is 2.26. The highest BCUT2D eigenvalue weighted by Gasteiger charge is 2.25. The minimum atomic E-state index is -0.726. The van der Waals surface area contributed by atoms with Crippen LogP contribution in [-0.2, 0) is 14.3 Å². The average Bonchev–Trinajstić information content (AvgIpc) is 2.78. The van der Waals surface area contributed by atoms with Crippen molar-refractivity contribution in [3.8, 4) is 5.75 Å². The van der Waals surface area contributed by atoms with Gasteiger partial charge in [-0.1, -0.05) is 29.8 Å². The van der Waals surface area contributed by atoms with Gasteiger partial charge >= 0.3 is 11.8 Å². The maximum atomic E-state index is 12.4. The maximum absolute atomic E-state index is 12.4. The Morgan fingerprint density at radius 1 is 1.13 bits per heavy atom. The number of rotatable bonds is 6. The summed E-state index contributed by atoms with van der Waals surface area (Å²) in [4.78, 5) is 27.1. The second-order valence-corrected chi connectivity index (χ2v) is 7.42. The molecule has 160 valence electrons. The number of nitrogens with zero attached hydrogens (tertiary/aromatic N) is 1. The third-order valence-electron chi connectivity index (χ3n) is 5.17. The van der Waals surface area contributed by atoms with Gasteiger partial charge in [-0.05, 0) is 42.3 Å². The quantitative estimate of drug-likeness (QED) is 0.687. The van der Waals surface area contributed by atoms with E-state index in [-0.39, 0.29) is 6.04 Å². The summed E-state index contributed by atoms with van der Waals surface area (Å²) in [6, 6.07) is 12.8. The Hall–Kier alpha value is -2.61. The van der Waals surface area contributed by atoms with Gasteiger partial charge in [0.15, 0.2) is 0 Å².